The average molecular weight is 404 g/mol. The number of hydrogen-bond acceptors (Lipinski definition) is 4. The van der Waals surface area contributed by atoms with Crippen molar-refractivity contribution in [3.8, 4) is 0 Å². The predicted octanol–water partition coefficient (Wildman–Crippen LogP) is 3.68. The van der Waals surface area contributed by atoms with Crippen molar-refractivity contribution in [1.29, 1.82) is 0 Å². The highest BCUT2D eigenvalue weighted by molar-refractivity contribution is 7.10. The molecule has 0 saturated heterocycles. The van der Waals surface area contributed by atoms with Crippen LogP contribution in [0.25, 0.3) is 0 Å². The van der Waals surface area contributed by atoms with Gasteiger partial charge in [-0.05, 0) is 41.1 Å². The van der Waals surface area contributed by atoms with Crippen molar-refractivity contribution >= 4 is 34.5 Å². The highest BCUT2D eigenvalue weighted by atomic mass is 32.1. The third-order valence-electron chi connectivity index (χ3n) is 5.59. The van der Waals surface area contributed by atoms with Crippen LogP contribution in [0.1, 0.15) is 22.0 Å². The molecule has 1 aromatic heterocycles. The second-order valence-corrected chi connectivity index (χ2v) is 8.38. The molecule has 146 valence electrons. The topological polar surface area (TPSA) is 52.7 Å². The maximum Gasteiger partial charge on any atom is 0.244 e. The monoisotopic (exact) mass is 403 g/mol. The summed E-state index contributed by atoms with van der Waals surface area (Å²) in [6, 6.07) is 20.1. The number of nitrogens with one attached hydrogen (secondary N) is 1. The van der Waals surface area contributed by atoms with Gasteiger partial charge in [-0.25, -0.2) is 0 Å². The first-order valence-electron chi connectivity index (χ1n) is 9.75. The van der Waals surface area contributed by atoms with Gasteiger partial charge in [-0.3, -0.25) is 19.4 Å². The quantitative estimate of drug-likeness (QED) is 0.726. The molecule has 1 unspecified atom stereocenters. The van der Waals surface area contributed by atoms with Crippen molar-refractivity contribution in [3.63, 3.8) is 0 Å². The van der Waals surface area contributed by atoms with Crippen molar-refractivity contribution in [2.45, 2.75) is 12.5 Å². The van der Waals surface area contributed by atoms with Gasteiger partial charge in [-0.15, -0.1) is 11.3 Å². The molecule has 2 amide bonds. The summed E-state index contributed by atoms with van der Waals surface area (Å²) >= 11 is 1.79. The first-order chi connectivity index (χ1) is 14.2. The summed E-state index contributed by atoms with van der Waals surface area (Å²) in [5, 5.41) is 4.98. The lowest BCUT2D eigenvalue weighted by molar-refractivity contribution is -0.123. The van der Waals surface area contributed by atoms with Crippen LogP contribution >= 0.6 is 11.3 Å². The van der Waals surface area contributed by atoms with Gasteiger partial charge < -0.3 is 5.32 Å². The van der Waals surface area contributed by atoms with E-state index in [4.69, 9.17) is 0 Å². The van der Waals surface area contributed by atoms with Crippen molar-refractivity contribution in [1.82, 2.24) is 4.90 Å². The summed E-state index contributed by atoms with van der Waals surface area (Å²) < 4.78 is 0. The molecule has 1 N–H and O–H groups in total. The second-order valence-electron chi connectivity index (χ2n) is 7.38. The number of anilines is 2. The molecule has 5 rings (SSSR count). The molecule has 0 spiro atoms. The van der Waals surface area contributed by atoms with Gasteiger partial charge in [0, 0.05) is 11.4 Å². The van der Waals surface area contributed by atoms with E-state index in [1.54, 1.807) is 16.2 Å². The number of thiophene rings is 1. The van der Waals surface area contributed by atoms with Crippen LogP contribution < -0.4 is 10.2 Å². The van der Waals surface area contributed by atoms with Crippen molar-refractivity contribution < 1.29 is 9.59 Å². The fourth-order valence-corrected chi connectivity index (χ4v) is 5.18. The van der Waals surface area contributed by atoms with E-state index in [-0.39, 0.29) is 30.9 Å². The molecule has 0 aliphatic carbocycles. The number of carbonyl (C=O) groups excluding carboxylic acids is 2. The van der Waals surface area contributed by atoms with Gasteiger partial charge >= 0.3 is 0 Å². The summed E-state index contributed by atoms with van der Waals surface area (Å²) in [5.41, 5.74) is 3.94. The Morgan fingerprint density at radius 1 is 1.07 bits per heavy atom. The highest BCUT2D eigenvalue weighted by Gasteiger charge is 2.33. The molecule has 6 heteroatoms. The van der Waals surface area contributed by atoms with Crippen molar-refractivity contribution in [3.05, 3.63) is 82.0 Å². The van der Waals surface area contributed by atoms with Crippen LogP contribution in [0.2, 0.25) is 0 Å². The Morgan fingerprint density at radius 3 is 2.72 bits per heavy atom. The predicted molar refractivity (Wildman–Crippen MR) is 115 cm³/mol. The molecular formula is C23H21N3O2S. The molecule has 0 saturated carbocycles. The molecule has 29 heavy (non-hydrogen) atoms. The molecule has 3 heterocycles. The molecule has 1 atom stereocenters. The van der Waals surface area contributed by atoms with Crippen molar-refractivity contribution in [2.24, 2.45) is 0 Å². The van der Waals surface area contributed by atoms with Crippen LogP contribution in [-0.2, 0) is 16.0 Å². The molecular weight excluding hydrogens is 382 g/mol. The lowest BCUT2D eigenvalue weighted by Gasteiger charge is -2.37. The molecule has 2 aliphatic heterocycles. The van der Waals surface area contributed by atoms with Gasteiger partial charge in [0.05, 0.1) is 24.0 Å². The second kappa shape index (κ2) is 7.46. The Balaban J connectivity index is 1.45. The van der Waals surface area contributed by atoms with Gasteiger partial charge in [-0.1, -0.05) is 42.5 Å². The average Bonchev–Trinajstić information content (AvgIpc) is 3.22. The van der Waals surface area contributed by atoms with E-state index in [0.29, 0.717) is 5.69 Å². The van der Waals surface area contributed by atoms with E-state index in [1.165, 1.54) is 16.0 Å². The normalized spacial score (nSPS) is 18.7. The number of nitrogens with zero attached hydrogens (tertiary/aromatic N) is 2. The van der Waals surface area contributed by atoms with E-state index >= 15 is 0 Å². The highest BCUT2D eigenvalue weighted by Crippen LogP contribution is 2.38. The van der Waals surface area contributed by atoms with Crippen LogP contribution in [0, 0.1) is 0 Å². The summed E-state index contributed by atoms with van der Waals surface area (Å²) in [6.07, 6.45) is 0.945. The molecule has 3 aromatic rings. The molecule has 2 aromatic carbocycles. The summed E-state index contributed by atoms with van der Waals surface area (Å²) in [7, 11) is 0. The van der Waals surface area contributed by atoms with E-state index < -0.39 is 0 Å². The van der Waals surface area contributed by atoms with Crippen LogP contribution in [-0.4, -0.2) is 36.3 Å². The first kappa shape index (κ1) is 18.1. The zero-order valence-corrected chi connectivity index (χ0v) is 16.7. The van der Waals surface area contributed by atoms with Crippen molar-refractivity contribution in [2.75, 3.05) is 29.9 Å². The molecule has 2 aliphatic rings. The lowest BCUT2D eigenvalue weighted by Crippen LogP contribution is -2.48. The summed E-state index contributed by atoms with van der Waals surface area (Å²) in [6.45, 7) is 1.15. The van der Waals surface area contributed by atoms with Crippen LogP contribution in [0.15, 0.2) is 66.0 Å². The Hall–Kier alpha value is -2.96. The molecule has 0 fully saturated rings. The van der Waals surface area contributed by atoms with Crippen LogP contribution in [0.4, 0.5) is 11.4 Å². The number of carbonyl (C=O) groups is 2. The van der Waals surface area contributed by atoms with E-state index in [2.05, 4.69) is 33.8 Å². The van der Waals surface area contributed by atoms with Gasteiger partial charge in [-0.2, -0.15) is 0 Å². The Bertz CT molecular complexity index is 1060. The first-order valence-corrected chi connectivity index (χ1v) is 10.6. The van der Waals surface area contributed by atoms with Gasteiger partial charge in [0.25, 0.3) is 0 Å². The number of hydrogen-bond donors (Lipinski definition) is 1. The fraction of sp³-hybridized carbons (Fsp3) is 0.217. The third kappa shape index (κ3) is 3.34. The number of benzene rings is 2. The number of amides is 2. The zero-order chi connectivity index (χ0) is 19.8. The van der Waals surface area contributed by atoms with Gasteiger partial charge in [0.2, 0.25) is 11.8 Å². The minimum Gasteiger partial charge on any atom is -0.323 e. The SMILES string of the molecule is O=C1CN(C(=O)CN2CCc3sccc3C2c2ccccc2)c2ccccc2N1. The third-order valence-corrected chi connectivity index (χ3v) is 6.59. The van der Waals surface area contributed by atoms with Gasteiger partial charge in [0.1, 0.15) is 6.54 Å². The number of para-hydroxylation sites is 2. The molecule has 0 radical (unpaired) electrons. The minimum absolute atomic E-state index is 0.0492. The lowest BCUT2D eigenvalue weighted by atomic mass is 9.93. The Morgan fingerprint density at radius 2 is 1.86 bits per heavy atom. The van der Waals surface area contributed by atoms with E-state index in [1.807, 2.05) is 42.5 Å². The molecule has 0 bridgehead atoms. The molecule has 5 nitrogen and oxygen atoms in total. The Labute approximate surface area is 173 Å². The Kier molecular flexibility index (Phi) is 4.66. The van der Waals surface area contributed by atoms with E-state index in [9.17, 15) is 9.59 Å². The maximum atomic E-state index is 13.3. The van der Waals surface area contributed by atoms with Crippen LogP contribution in [0.3, 0.4) is 0 Å². The number of fused-ring (bicyclic) bond motifs is 2. The van der Waals surface area contributed by atoms with Gasteiger partial charge in [0.15, 0.2) is 0 Å². The largest absolute Gasteiger partial charge is 0.323 e. The fourth-order valence-electron chi connectivity index (χ4n) is 4.28. The smallest absolute Gasteiger partial charge is 0.244 e. The minimum atomic E-state index is -0.157. The summed E-state index contributed by atoms with van der Waals surface area (Å²) in [5.74, 6) is -0.206. The summed E-state index contributed by atoms with van der Waals surface area (Å²) in [4.78, 5) is 30.7. The van der Waals surface area contributed by atoms with E-state index in [0.717, 1.165) is 18.7 Å². The maximum absolute atomic E-state index is 13.3. The van der Waals surface area contributed by atoms with Crippen LogP contribution in [0.5, 0.6) is 0 Å². The number of rotatable bonds is 3. The standard InChI is InChI=1S/C23H21N3O2S/c27-21-14-26(19-9-5-4-8-18(19)24-21)22(28)15-25-12-10-20-17(11-13-29-20)23(25)16-6-2-1-3-7-16/h1-9,11,13,23H,10,12,14-15H2,(H,24,27). The zero-order valence-electron chi connectivity index (χ0n) is 15.9.